The van der Waals surface area contributed by atoms with Gasteiger partial charge in [0.2, 0.25) is 0 Å². The lowest BCUT2D eigenvalue weighted by Crippen LogP contribution is -2.08. The van der Waals surface area contributed by atoms with E-state index in [2.05, 4.69) is 37.3 Å². The first-order valence-corrected chi connectivity index (χ1v) is 4.94. The van der Waals surface area contributed by atoms with Crippen LogP contribution in [0, 0.1) is 5.92 Å². The zero-order valence-electron chi connectivity index (χ0n) is 8.49. The predicted octanol–water partition coefficient (Wildman–Crippen LogP) is 2.90. The molecule has 0 unspecified atom stereocenters. The molecule has 1 nitrogen and oxygen atoms in total. The number of ether oxygens (including phenoxy) is 1. The van der Waals surface area contributed by atoms with E-state index >= 15 is 0 Å². The Balaban J connectivity index is 2.32. The second kappa shape index (κ2) is 5.76. The highest BCUT2D eigenvalue weighted by atomic mass is 16.5. The molecule has 0 aliphatic heterocycles. The monoisotopic (exact) mass is 178 g/mol. The molecule has 13 heavy (non-hydrogen) atoms. The second-order valence-electron chi connectivity index (χ2n) is 3.45. The highest BCUT2D eigenvalue weighted by Crippen LogP contribution is 2.08. The lowest BCUT2D eigenvalue weighted by molar-refractivity contribution is 0.116. The minimum atomic E-state index is 0.613. The summed E-state index contributed by atoms with van der Waals surface area (Å²) >= 11 is 0. The summed E-state index contributed by atoms with van der Waals surface area (Å²) in [6.45, 7) is 5.95. The molecule has 1 aromatic rings. The van der Waals surface area contributed by atoms with Crippen molar-refractivity contribution in [2.45, 2.75) is 20.3 Å². The SMILES string of the molecule is CCOC[C@H](C)Cc1ccccc1. The van der Waals surface area contributed by atoms with E-state index in [0.29, 0.717) is 5.92 Å². The molecule has 0 heterocycles. The predicted molar refractivity (Wildman–Crippen MR) is 55.8 cm³/mol. The van der Waals surface area contributed by atoms with Gasteiger partial charge in [-0.1, -0.05) is 37.3 Å². The zero-order chi connectivity index (χ0) is 9.52. The van der Waals surface area contributed by atoms with E-state index in [1.54, 1.807) is 0 Å². The minimum absolute atomic E-state index is 0.613. The molecule has 1 aromatic carbocycles. The fourth-order valence-electron chi connectivity index (χ4n) is 1.39. The minimum Gasteiger partial charge on any atom is -0.381 e. The van der Waals surface area contributed by atoms with Gasteiger partial charge in [0.1, 0.15) is 0 Å². The molecule has 1 rings (SSSR count). The van der Waals surface area contributed by atoms with Gasteiger partial charge in [0.25, 0.3) is 0 Å². The largest absolute Gasteiger partial charge is 0.381 e. The van der Waals surface area contributed by atoms with Crippen LogP contribution in [-0.2, 0) is 11.2 Å². The van der Waals surface area contributed by atoms with E-state index in [-0.39, 0.29) is 0 Å². The van der Waals surface area contributed by atoms with Crippen molar-refractivity contribution in [2.24, 2.45) is 5.92 Å². The number of hydrogen-bond donors (Lipinski definition) is 0. The van der Waals surface area contributed by atoms with E-state index < -0.39 is 0 Å². The Morgan fingerprint density at radius 3 is 2.54 bits per heavy atom. The van der Waals surface area contributed by atoms with E-state index in [0.717, 1.165) is 19.6 Å². The van der Waals surface area contributed by atoms with Gasteiger partial charge < -0.3 is 4.74 Å². The molecular formula is C12H18O. The number of hydrogen-bond acceptors (Lipinski definition) is 1. The van der Waals surface area contributed by atoms with Crippen molar-refractivity contribution in [2.75, 3.05) is 13.2 Å². The fourth-order valence-corrected chi connectivity index (χ4v) is 1.39. The summed E-state index contributed by atoms with van der Waals surface area (Å²) in [7, 11) is 0. The van der Waals surface area contributed by atoms with Gasteiger partial charge >= 0.3 is 0 Å². The van der Waals surface area contributed by atoms with E-state index in [9.17, 15) is 0 Å². The van der Waals surface area contributed by atoms with E-state index in [4.69, 9.17) is 4.74 Å². The van der Waals surface area contributed by atoms with Gasteiger partial charge in [-0.05, 0) is 24.8 Å². The summed E-state index contributed by atoms with van der Waals surface area (Å²) in [4.78, 5) is 0. The smallest absolute Gasteiger partial charge is 0.0494 e. The van der Waals surface area contributed by atoms with Crippen LogP contribution >= 0.6 is 0 Å². The molecule has 0 aromatic heterocycles. The molecule has 0 aliphatic carbocycles. The summed E-state index contributed by atoms with van der Waals surface area (Å²) in [6.07, 6.45) is 1.11. The average Bonchev–Trinajstić information content (AvgIpc) is 2.16. The summed E-state index contributed by atoms with van der Waals surface area (Å²) in [5.41, 5.74) is 1.40. The van der Waals surface area contributed by atoms with Crippen LogP contribution in [0.25, 0.3) is 0 Å². The van der Waals surface area contributed by atoms with Crippen LogP contribution in [-0.4, -0.2) is 13.2 Å². The van der Waals surface area contributed by atoms with Gasteiger partial charge in [-0.15, -0.1) is 0 Å². The van der Waals surface area contributed by atoms with Crippen LogP contribution < -0.4 is 0 Å². The third-order valence-corrected chi connectivity index (χ3v) is 2.03. The maximum absolute atomic E-state index is 5.37. The van der Waals surface area contributed by atoms with Gasteiger partial charge in [-0.2, -0.15) is 0 Å². The van der Waals surface area contributed by atoms with Crippen molar-refractivity contribution in [1.82, 2.24) is 0 Å². The zero-order valence-corrected chi connectivity index (χ0v) is 8.49. The van der Waals surface area contributed by atoms with Crippen molar-refractivity contribution >= 4 is 0 Å². The van der Waals surface area contributed by atoms with Crippen LogP contribution in [0.1, 0.15) is 19.4 Å². The lowest BCUT2D eigenvalue weighted by Gasteiger charge is -2.10. The Morgan fingerprint density at radius 2 is 1.92 bits per heavy atom. The third-order valence-electron chi connectivity index (χ3n) is 2.03. The highest BCUT2D eigenvalue weighted by molar-refractivity contribution is 5.14. The molecule has 0 radical (unpaired) electrons. The Bertz CT molecular complexity index is 218. The standard InChI is InChI=1S/C12H18O/c1-3-13-10-11(2)9-12-7-5-4-6-8-12/h4-8,11H,3,9-10H2,1-2H3/t11-/m1/s1. The molecule has 72 valence electrons. The van der Waals surface area contributed by atoms with Crippen molar-refractivity contribution in [3.63, 3.8) is 0 Å². The molecule has 0 saturated carbocycles. The van der Waals surface area contributed by atoms with Gasteiger partial charge in [-0.25, -0.2) is 0 Å². The average molecular weight is 178 g/mol. The van der Waals surface area contributed by atoms with Crippen LogP contribution in [0.3, 0.4) is 0 Å². The topological polar surface area (TPSA) is 9.23 Å². The molecule has 1 heteroatoms. The van der Waals surface area contributed by atoms with Gasteiger partial charge in [0, 0.05) is 13.2 Å². The first kappa shape index (κ1) is 10.3. The number of benzene rings is 1. The van der Waals surface area contributed by atoms with Gasteiger partial charge in [0.05, 0.1) is 0 Å². The summed E-state index contributed by atoms with van der Waals surface area (Å²) in [6, 6.07) is 10.6. The summed E-state index contributed by atoms with van der Waals surface area (Å²) in [5.74, 6) is 0.613. The molecule has 0 bridgehead atoms. The maximum atomic E-state index is 5.37. The molecule has 0 N–H and O–H groups in total. The van der Waals surface area contributed by atoms with Crippen molar-refractivity contribution in [3.05, 3.63) is 35.9 Å². The first-order chi connectivity index (χ1) is 6.33. The number of rotatable bonds is 5. The molecule has 0 spiro atoms. The molecule has 0 amide bonds. The second-order valence-corrected chi connectivity index (χ2v) is 3.45. The van der Waals surface area contributed by atoms with Crippen molar-refractivity contribution in [3.8, 4) is 0 Å². The van der Waals surface area contributed by atoms with Crippen LogP contribution in [0.4, 0.5) is 0 Å². The normalized spacial score (nSPS) is 12.8. The molecule has 0 aliphatic rings. The van der Waals surface area contributed by atoms with Crippen LogP contribution in [0.5, 0.6) is 0 Å². The summed E-state index contributed by atoms with van der Waals surface area (Å²) in [5, 5.41) is 0. The summed E-state index contributed by atoms with van der Waals surface area (Å²) < 4.78 is 5.37. The quantitative estimate of drug-likeness (QED) is 0.673. The maximum Gasteiger partial charge on any atom is 0.0494 e. The molecule has 0 saturated heterocycles. The van der Waals surface area contributed by atoms with E-state index in [1.807, 2.05) is 6.92 Å². The Labute approximate surface area is 80.7 Å². The van der Waals surface area contributed by atoms with Gasteiger partial charge in [0.15, 0.2) is 0 Å². The Hall–Kier alpha value is -0.820. The lowest BCUT2D eigenvalue weighted by atomic mass is 10.0. The molecular weight excluding hydrogens is 160 g/mol. The van der Waals surface area contributed by atoms with Crippen molar-refractivity contribution in [1.29, 1.82) is 0 Å². The van der Waals surface area contributed by atoms with Crippen LogP contribution in [0.15, 0.2) is 30.3 Å². The third kappa shape index (κ3) is 4.09. The van der Waals surface area contributed by atoms with Crippen LogP contribution in [0.2, 0.25) is 0 Å². The first-order valence-electron chi connectivity index (χ1n) is 4.94. The fraction of sp³-hybridized carbons (Fsp3) is 0.500. The Morgan fingerprint density at radius 1 is 1.23 bits per heavy atom. The van der Waals surface area contributed by atoms with E-state index in [1.165, 1.54) is 5.56 Å². The van der Waals surface area contributed by atoms with Gasteiger partial charge in [-0.3, -0.25) is 0 Å². The molecule has 0 fully saturated rings. The highest BCUT2D eigenvalue weighted by Gasteiger charge is 2.02. The Kier molecular flexibility index (Phi) is 4.55. The molecule has 1 atom stereocenters. The van der Waals surface area contributed by atoms with Crippen molar-refractivity contribution < 1.29 is 4.74 Å².